The van der Waals surface area contributed by atoms with Gasteiger partial charge in [-0.3, -0.25) is 9.59 Å². The van der Waals surface area contributed by atoms with E-state index in [-0.39, 0.29) is 17.7 Å². The SMILES string of the molecule is CC1CCCC(NC(=O)C2CCC(C(=O)O)C2)CC1. The van der Waals surface area contributed by atoms with Crippen molar-refractivity contribution in [3.05, 3.63) is 0 Å². The lowest BCUT2D eigenvalue weighted by molar-refractivity contribution is -0.141. The van der Waals surface area contributed by atoms with Gasteiger partial charge in [0.2, 0.25) is 5.91 Å². The maximum Gasteiger partial charge on any atom is 0.306 e. The summed E-state index contributed by atoms with van der Waals surface area (Å²) >= 11 is 0. The van der Waals surface area contributed by atoms with E-state index in [1.165, 1.54) is 19.3 Å². The quantitative estimate of drug-likeness (QED) is 0.772. The van der Waals surface area contributed by atoms with Crippen LogP contribution in [-0.4, -0.2) is 23.0 Å². The summed E-state index contributed by atoms with van der Waals surface area (Å²) in [7, 11) is 0. The molecule has 0 saturated heterocycles. The second kappa shape index (κ2) is 6.40. The van der Waals surface area contributed by atoms with Gasteiger partial charge in [0, 0.05) is 12.0 Å². The Morgan fingerprint density at radius 2 is 1.74 bits per heavy atom. The van der Waals surface area contributed by atoms with Crippen molar-refractivity contribution in [1.29, 1.82) is 0 Å². The van der Waals surface area contributed by atoms with Crippen molar-refractivity contribution in [3.8, 4) is 0 Å². The molecule has 0 heterocycles. The fourth-order valence-electron chi connectivity index (χ4n) is 3.39. The predicted molar refractivity (Wildman–Crippen MR) is 72.6 cm³/mol. The van der Waals surface area contributed by atoms with Crippen LogP contribution in [0.1, 0.15) is 58.3 Å². The number of carbonyl (C=O) groups excluding carboxylic acids is 1. The number of carboxylic acid groups (broad SMARTS) is 1. The van der Waals surface area contributed by atoms with Gasteiger partial charge in [-0.1, -0.05) is 19.8 Å². The molecule has 2 saturated carbocycles. The van der Waals surface area contributed by atoms with E-state index >= 15 is 0 Å². The van der Waals surface area contributed by atoms with Gasteiger partial charge in [-0.15, -0.1) is 0 Å². The van der Waals surface area contributed by atoms with Gasteiger partial charge in [-0.25, -0.2) is 0 Å². The molecule has 19 heavy (non-hydrogen) atoms. The highest BCUT2D eigenvalue weighted by atomic mass is 16.4. The van der Waals surface area contributed by atoms with E-state index in [0.717, 1.165) is 25.2 Å². The highest BCUT2D eigenvalue weighted by molar-refractivity contribution is 5.81. The van der Waals surface area contributed by atoms with Gasteiger partial charge < -0.3 is 10.4 Å². The zero-order valence-corrected chi connectivity index (χ0v) is 11.7. The van der Waals surface area contributed by atoms with Crippen LogP contribution in [0.25, 0.3) is 0 Å². The molecule has 2 aliphatic rings. The van der Waals surface area contributed by atoms with Crippen molar-refractivity contribution in [3.63, 3.8) is 0 Å². The predicted octanol–water partition coefficient (Wildman–Crippen LogP) is 2.57. The number of hydrogen-bond donors (Lipinski definition) is 2. The molecule has 2 N–H and O–H groups in total. The van der Waals surface area contributed by atoms with E-state index in [1.807, 2.05) is 0 Å². The highest BCUT2D eigenvalue weighted by Gasteiger charge is 2.34. The Labute approximate surface area is 115 Å². The first-order valence-electron chi connectivity index (χ1n) is 7.59. The van der Waals surface area contributed by atoms with Crippen LogP contribution in [0.3, 0.4) is 0 Å². The van der Waals surface area contributed by atoms with Gasteiger partial charge in [0.1, 0.15) is 0 Å². The Hall–Kier alpha value is -1.06. The molecule has 4 atom stereocenters. The first kappa shape index (κ1) is 14.4. The number of carboxylic acids is 1. The summed E-state index contributed by atoms with van der Waals surface area (Å²) in [6.07, 6.45) is 7.68. The van der Waals surface area contributed by atoms with Crippen LogP contribution in [0.5, 0.6) is 0 Å². The van der Waals surface area contributed by atoms with Crippen LogP contribution in [-0.2, 0) is 9.59 Å². The Kier molecular flexibility index (Phi) is 4.83. The third-order valence-corrected chi connectivity index (χ3v) is 4.76. The van der Waals surface area contributed by atoms with E-state index in [0.29, 0.717) is 18.9 Å². The van der Waals surface area contributed by atoms with Crippen molar-refractivity contribution >= 4 is 11.9 Å². The van der Waals surface area contributed by atoms with Gasteiger partial charge in [0.15, 0.2) is 0 Å². The lowest BCUT2D eigenvalue weighted by atomic mass is 10.0. The minimum Gasteiger partial charge on any atom is -0.481 e. The van der Waals surface area contributed by atoms with Crippen molar-refractivity contribution in [2.45, 2.75) is 64.3 Å². The molecule has 0 aromatic rings. The molecule has 0 aliphatic heterocycles. The van der Waals surface area contributed by atoms with Crippen molar-refractivity contribution in [2.75, 3.05) is 0 Å². The lowest BCUT2D eigenvalue weighted by Gasteiger charge is -2.19. The van der Waals surface area contributed by atoms with Gasteiger partial charge in [-0.05, 0) is 44.4 Å². The Bertz CT molecular complexity index is 342. The zero-order valence-electron chi connectivity index (χ0n) is 11.7. The molecule has 2 fully saturated rings. The molecule has 0 bridgehead atoms. The Balaban J connectivity index is 1.79. The van der Waals surface area contributed by atoms with Crippen LogP contribution in [0.4, 0.5) is 0 Å². The molecule has 0 spiro atoms. The third kappa shape index (κ3) is 3.95. The first-order valence-corrected chi connectivity index (χ1v) is 7.59. The maximum absolute atomic E-state index is 12.2. The maximum atomic E-state index is 12.2. The molecule has 2 aliphatic carbocycles. The lowest BCUT2D eigenvalue weighted by Crippen LogP contribution is -2.38. The van der Waals surface area contributed by atoms with E-state index < -0.39 is 5.97 Å². The van der Waals surface area contributed by atoms with Crippen molar-refractivity contribution in [1.82, 2.24) is 5.32 Å². The van der Waals surface area contributed by atoms with Crippen molar-refractivity contribution in [2.24, 2.45) is 17.8 Å². The van der Waals surface area contributed by atoms with E-state index in [1.54, 1.807) is 0 Å². The minimum atomic E-state index is -0.751. The summed E-state index contributed by atoms with van der Waals surface area (Å²) in [6.45, 7) is 2.28. The van der Waals surface area contributed by atoms with E-state index in [4.69, 9.17) is 5.11 Å². The molecule has 1 amide bonds. The van der Waals surface area contributed by atoms with Crippen LogP contribution >= 0.6 is 0 Å². The molecule has 0 aromatic heterocycles. The molecular weight excluding hydrogens is 242 g/mol. The Morgan fingerprint density at radius 1 is 1.00 bits per heavy atom. The molecule has 0 radical (unpaired) electrons. The number of nitrogens with one attached hydrogen (secondary N) is 1. The number of carbonyl (C=O) groups is 2. The van der Waals surface area contributed by atoms with Crippen LogP contribution in [0, 0.1) is 17.8 Å². The first-order chi connectivity index (χ1) is 9.06. The molecular formula is C15H25NO3. The molecule has 108 valence electrons. The van der Waals surface area contributed by atoms with Gasteiger partial charge in [0.05, 0.1) is 5.92 Å². The van der Waals surface area contributed by atoms with E-state index in [9.17, 15) is 9.59 Å². The second-order valence-electron chi connectivity index (χ2n) is 6.36. The standard InChI is InChI=1S/C15H25NO3/c1-10-3-2-4-13(8-5-10)16-14(17)11-6-7-12(9-11)15(18)19/h10-13H,2-9H2,1H3,(H,16,17)(H,18,19). The average Bonchev–Trinajstić information content (AvgIpc) is 2.77. The number of aliphatic carboxylic acids is 1. The normalized spacial score (nSPS) is 35.6. The van der Waals surface area contributed by atoms with Gasteiger partial charge in [0.25, 0.3) is 0 Å². The third-order valence-electron chi connectivity index (χ3n) is 4.76. The summed E-state index contributed by atoms with van der Waals surface area (Å²) < 4.78 is 0. The molecule has 4 unspecified atom stereocenters. The highest BCUT2D eigenvalue weighted by Crippen LogP contribution is 2.31. The topological polar surface area (TPSA) is 66.4 Å². The number of rotatable bonds is 3. The fraction of sp³-hybridized carbons (Fsp3) is 0.867. The summed E-state index contributed by atoms with van der Waals surface area (Å²) in [4.78, 5) is 23.1. The minimum absolute atomic E-state index is 0.0817. The number of hydrogen-bond acceptors (Lipinski definition) is 2. The monoisotopic (exact) mass is 267 g/mol. The zero-order chi connectivity index (χ0) is 13.8. The van der Waals surface area contributed by atoms with Crippen molar-refractivity contribution < 1.29 is 14.7 Å². The molecule has 2 rings (SSSR count). The Morgan fingerprint density at radius 3 is 2.42 bits per heavy atom. The summed E-state index contributed by atoms with van der Waals surface area (Å²) in [5.41, 5.74) is 0. The van der Waals surface area contributed by atoms with Crippen LogP contribution in [0.15, 0.2) is 0 Å². The second-order valence-corrected chi connectivity index (χ2v) is 6.36. The largest absolute Gasteiger partial charge is 0.481 e. The van der Waals surface area contributed by atoms with E-state index in [2.05, 4.69) is 12.2 Å². The smallest absolute Gasteiger partial charge is 0.306 e. The number of amides is 1. The van der Waals surface area contributed by atoms with Gasteiger partial charge >= 0.3 is 5.97 Å². The summed E-state index contributed by atoms with van der Waals surface area (Å²) in [5, 5.41) is 12.1. The molecule has 4 heteroatoms. The van der Waals surface area contributed by atoms with Crippen LogP contribution < -0.4 is 5.32 Å². The molecule has 0 aromatic carbocycles. The van der Waals surface area contributed by atoms with Gasteiger partial charge in [-0.2, -0.15) is 0 Å². The average molecular weight is 267 g/mol. The fourth-order valence-corrected chi connectivity index (χ4v) is 3.39. The summed E-state index contributed by atoms with van der Waals surface area (Å²) in [5.74, 6) is -0.293. The summed E-state index contributed by atoms with van der Waals surface area (Å²) in [6, 6.07) is 0.307. The molecule has 4 nitrogen and oxygen atoms in total. The van der Waals surface area contributed by atoms with Crippen LogP contribution in [0.2, 0.25) is 0 Å².